The van der Waals surface area contributed by atoms with E-state index in [9.17, 15) is 9.90 Å². The van der Waals surface area contributed by atoms with Crippen LogP contribution in [-0.2, 0) is 4.79 Å². The van der Waals surface area contributed by atoms with Crippen LogP contribution in [0.2, 0.25) is 0 Å². The van der Waals surface area contributed by atoms with Gasteiger partial charge in [-0.25, -0.2) is 0 Å². The summed E-state index contributed by atoms with van der Waals surface area (Å²) in [6.07, 6.45) is 3.14. The van der Waals surface area contributed by atoms with Crippen LogP contribution in [0.3, 0.4) is 0 Å². The molecule has 0 radical (unpaired) electrons. The van der Waals surface area contributed by atoms with Gasteiger partial charge in [-0.15, -0.1) is 0 Å². The average molecular weight is 199 g/mol. The van der Waals surface area contributed by atoms with Crippen LogP contribution in [0.15, 0.2) is 0 Å². The minimum absolute atomic E-state index is 0.185. The van der Waals surface area contributed by atoms with E-state index in [0.29, 0.717) is 0 Å². The van der Waals surface area contributed by atoms with Crippen molar-refractivity contribution in [2.75, 3.05) is 13.1 Å². The Morgan fingerprint density at radius 1 is 1.36 bits per heavy atom. The van der Waals surface area contributed by atoms with E-state index in [0.717, 1.165) is 38.8 Å². The first-order chi connectivity index (χ1) is 6.69. The van der Waals surface area contributed by atoms with Gasteiger partial charge in [0.05, 0.1) is 6.10 Å². The summed E-state index contributed by atoms with van der Waals surface area (Å²) in [5.74, 6) is 0.465. The van der Waals surface area contributed by atoms with E-state index >= 15 is 0 Å². The standard InChI is InChI=1S/C11H21NO2/c1-3-9(4-2)11(14)12-7-5-10(13)6-8-12/h9-10,13H,3-8H2,1-2H3. The van der Waals surface area contributed by atoms with Gasteiger partial charge in [0.15, 0.2) is 0 Å². The second-order valence-electron chi connectivity index (χ2n) is 4.07. The third kappa shape index (κ3) is 2.71. The molecule has 14 heavy (non-hydrogen) atoms. The monoisotopic (exact) mass is 199 g/mol. The fourth-order valence-electron chi connectivity index (χ4n) is 1.98. The minimum atomic E-state index is -0.194. The van der Waals surface area contributed by atoms with Gasteiger partial charge in [0, 0.05) is 19.0 Å². The van der Waals surface area contributed by atoms with E-state index in [2.05, 4.69) is 13.8 Å². The molecule has 1 amide bonds. The number of amides is 1. The number of nitrogens with zero attached hydrogens (tertiary/aromatic N) is 1. The molecule has 1 aliphatic heterocycles. The molecule has 0 atom stereocenters. The van der Waals surface area contributed by atoms with Gasteiger partial charge in [-0.2, -0.15) is 0 Å². The molecule has 0 aliphatic carbocycles. The van der Waals surface area contributed by atoms with Crippen molar-refractivity contribution in [3.63, 3.8) is 0 Å². The van der Waals surface area contributed by atoms with Crippen LogP contribution >= 0.6 is 0 Å². The highest BCUT2D eigenvalue weighted by Crippen LogP contribution is 2.16. The van der Waals surface area contributed by atoms with Crippen molar-refractivity contribution >= 4 is 5.91 Å². The van der Waals surface area contributed by atoms with E-state index in [1.165, 1.54) is 0 Å². The molecule has 1 N–H and O–H groups in total. The van der Waals surface area contributed by atoms with E-state index < -0.39 is 0 Å². The molecule has 0 unspecified atom stereocenters. The molecule has 0 aromatic heterocycles. The van der Waals surface area contributed by atoms with Gasteiger partial charge in [0.25, 0.3) is 0 Å². The van der Waals surface area contributed by atoms with Crippen LogP contribution in [0.1, 0.15) is 39.5 Å². The van der Waals surface area contributed by atoms with Gasteiger partial charge in [-0.1, -0.05) is 13.8 Å². The molecule has 82 valence electrons. The third-order valence-electron chi connectivity index (χ3n) is 3.11. The van der Waals surface area contributed by atoms with Crippen LogP contribution < -0.4 is 0 Å². The van der Waals surface area contributed by atoms with Gasteiger partial charge >= 0.3 is 0 Å². The third-order valence-corrected chi connectivity index (χ3v) is 3.11. The van der Waals surface area contributed by atoms with Crippen LogP contribution in [0.25, 0.3) is 0 Å². The summed E-state index contributed by atoms with van der Waals surface area (Å²) in [6, 6.07) is 0. The van der Waals surface area contributed by atoms with Gasteiger partial charge < -0.3 is 10.0 Å². The number of piperidine rings is 1. The fourth-order valence-corrected chi connectivity index (χ4v) is 1.98. The van der Waals surface area contributed by atoms with E-state index in [1.54, 1.807) is 0 Å². The number of aliphatic hydroxyl groups excluding tert-OH is 1. The van der Waals surface area contributed by atoms with Crippen molar-refractivity contribution < 1.29 is 9.90 Å². The average Bonchev–Trinajstić information content (AvgIpc) is 2.20. The quantitative estimate of drug-likeness (QED) is 0.746. The maximum Gasteiger partial charge on any atom is 0.225 e. The summed E-state index contributed by atoms with van der Waals surface area (Å²) < 4.78 is 0. The predicted octanol–water partition coefficient (Wildman–Crippen LogP) is 1.41. The Morgan fingerprint density at radius 2 is 1.86 bits per heavy atom. The van der Waals surface area contributed by atoms with Crippen molar-refractivity contribution in [2.24, 2.45) is 5.92 Å². The van der Waals surface area contributed by atoms with E-state index in [4.69, 9.17) is 0 Å². The summed E-state index contributed by atoms with van der Waals surface area (Å²) in [5, 5.41) is 9.32. The second-order valence-corrected chi connectivity index (χ2v) is 4.07. The molecule has 1 aliphatic rings. The maximum absolute atomic E-state index is 11.9. The Kier molecular flexibility index (Phi) is 4.39. The molecule has 1 fully saturated rings. The van der Waals surface area contributed by atoms with Gasteiger partial charge in [0.1, 0.15) is 0 Å². The SMILES string of the molecule is CCC(CC)C(=O)N1CCC(O)CC1. The molecule has 0 saturated carbocycles. The van der Waals surface area contributed by atoms with Crippen molar-refractivity contribution in [2.45, 2.75) is 45.6 Å². The Morgan fingerprint density at radius 3 is 2.29 bits per heavy atom. The Labute approximate surface area is 86.1 Å². The maximum atomic E-state index is 11.9. The van der Waals surface area contributed by atoms with E-state index in [1.807, 2.05) is 4.90 Å². The summed E-state index contributed by atoms with van der Waals surface area (Å²) in [7, 11) is 0. The predicted molar refractivity (Wildman–Crippen MR) is 55.9 cm³/mol. The zero-order valence-electron chi connectivity index (χ0n) is 9.20. The number of carbonyl (C=O) groups excluding carboxylic acids is 1. The van der Waals surface area contributed by atoms with Crippen molar-refractivity contribution in [1.29, 1.82) is 0 Å². The summed E-state index contributed by atoms with van der Waals surface area (Å²) in [4.78, 5) is 13.8. The molecular weight excluding hydrogens is 178 g/mol. The van der Waals surface area contributed by atoms with Crippen molar-refractivity contribution in [3.8, 4) is 0 Å². The first-order valence-corrected chi connectivity index (χ1v) is 5.65. The van der Waals surface area contributed by atoms with Gasteiger partial charge in [-0.3, -0.25) is 4.79 Å². The normalized spacial score (nSPS) is 19.0. The molecular formula is C11H21NO2. The van der Waals surface area contributed by atoms with Gasteiger partial charge in [-0.05, 0) is 25.7 Å². The largest absolute Gasteiger partial charge is 0.393 e. The molecule has 1 saturated heterocycles. The van der Waals surface area contributed by atoms with Crippen molar-refractivity contribution in [3.05, 3.63) is 0 Å². The summed E-state index contributed by atoms with van der Waals surface area (Å²) in [6.45, 7) is 5.59. The Balaban J connectivity index is 2.44. The van der Waals surface area contributed by atoms with Crippen LogP contribution in [-0.4, -0.2) is 35.1 Å². The fraction of sp³-hybridized carbons (Fsp3) is 0.909. The minimum Gasteiger partial charge on any atom is -0.393 e. The first-order valence-electron chi connectivity index (χ1n) is 5.65. The van der Waals surface area contributed by atoms with Crippen LogP contribution in [0.5, 0.6) is 0 Å². The number of carbonyl (C=O) groups is 1. The first kappa shape index (κ1) is 11.5. The zero-order chi connectivity index (χ0) is 10.6. The second kappa shape index (κ2) is 5.35. The number of likely N-dealkylation sites (tertiary alicyclic amines) is 1. The number of aliphatic hydroxyl groups is 1. The van der Waals surface area contributed by atoms with Gasteiger partial charge in [0.2, 0.25) is 5.91 Å². The van der Waals surface area contributed by atoms with E-state index in [-0.39, 0.29) is 17.9 Å². The Hall–Kier alpha value is -0.570. The smallest absolute Gasteiger partial charge is 0.225 e. The van der Waals surface area contributed by atoms with Crippen LogP contribution in [0, 0.1) is 5.92 Å². The molecule has 3 nitrogen and oxygen atoms in total. The van der Waals surface area contributed by atoms with Crippen LogP contribution in [0.4, 0.5) is 0 Å². The number of rotatable bonds is 3. The molecule has 3 heteroatoms. The molecule has 0 aromatic carbocycles. The number of hydrogen-bond donors (Lipinski definition) is 1. The zero-order valence-corrected chi connectivity index (χ0v) is 9.20. The number of hydrogen-bond acceptors (Lipinski definition) is 2. The lowest BCUT2D eigenvalue weighted by Gasteiger charge is -2.32. The highest BCUT2D eigenvalue weighted by Gasteiger charge is 2.25. The molecule has 0 bridgehead atoms. The lowest BCUT2D eigenvalue weighted by molar-refractivity contribution is -0.137. The molecule has 0 aromatic rings. The highest BCUT2D eigenvalue weighted by atomic mass is 16.3. The Bertz CT molecular complexity index is 182. The lowest BCUT2D eigenvalue weighted by Crippen LogP contribution is -2.42. The lowest BCUT2D eigenvalue weighted by atomic mass is 9.99. The summed E-state index contributed by atoms with van der Waals surface area (Å²) >= 11 is 0. The van der Waals surface area contributed by atoms with Crippen molar-refractivity contribution in [1.82, 2.24) is 4.90 Å². The summed E-state index contributed by atoms with van der Waals surface area (Å²) in [5.41, 5.74) is 0. The topological polar surface area (TPSA) is 40.5 Å². The molecule has 0 spiro atoms. The highest BCUT2D eigenvalue weighted by molar-refractivity contribution is 5.78. The molecule has 1 heterocycles. The molecule has 1 rings (SSSR count).